The van der Waals surface area contributed by atoms with Gasteiger partial charge in [0, 0.05) is 37.4 Å². The van der Waals surface area contributed by atoms with Crippen molar-refractivity contribution >= 4 is 11.7 Å². The number of piperazine rings is 1. The minimum Gasteiger partial charge on any atom is -0.413 e. The van der Waals surface area contributed by atoms with Gasteiger partial charge in [-0.2, -0.15) is 13.2 Å². The van der Waals surface area contributed by atoms with Crippen molar-refractivity contribution in [1.82, 2.24) is 20.0 Å². The van der Waals surface area contributed by atoms with E-state index in [-0.39, 0.29) is 18.5 Å². The van der Waals surface area contributed by atoms with Crippen LogP contribution in [0.25, 0.3) is 11.5 Å². The van der Waals surface area contributed by atoms with E-state index < -0.39 is 17.9 Å². The number of urea groups is 1. The van der Waals surface area contributed by atoms with Crippen molar-refractivity contribution in [2.45, 2.75) is 18.8 Å². The molecule has 0 unspecified atom stereocenters. The van der Waals surface area contributed by atoms with Crippen LogP contribution in [0.3, 0.4) is 0 Å². The molecule has 3 aromatic rings. The summed E-state index contributed by atoms with van der Waals surface area (Å²) in [6.07, 6.45) is -4.73. The highest BCUT2D eigenvalue weighted by Gasteiger charge is 2.38. The fourth-order valence-electron chi connectivity index (χ4n) is 4.19. The van der Waals surface area contributed by atoms with Gasteiger partial charge in [-0.05, 0) is 35.9 Å². The largest absolute Gasteiger partial charge is 0.470 e. The second kappa shape index (κ2) is 9.86. The lowest BCUT2D eigenvalue weighted by molar-refractivity contribution is -0.156. The zero-order valence-corrected chi connectivity index (χ0v) is 19.1. The summed E-state index contributed by atoms with van der Waals surface area (Å²) >= 11 is 0. The number of alkyl halides is 3. The number of ether oxygens (including phenoxy) is 1. The van der Waals surface area contributed by atoms with Gasteiger partial charge in [0.2, 0.25) is 5.89 Å². The SMILES string of the molecule is O=C(N1CCN(C2COC2)CC1)N(Cc1ccc(-c2nnc(C(F)(F)F)o2)cc1)c1cccc(F)c1. The number of carbonyl (C=O) groups excluding carboxylic acids is 1. The van der Waals surface area contributed by atoms with Crippen molar-refractivity contribution in [3.63, 3.8) is 0 Å². The summed E-state index contributed by atoms with van der Waals surface area (Å²) in [5, 5.41) is 6.49. The Hall–Kier alpha value is -3.51. The lowest BCUT2D eigenvalue weighted by atomic mass is 10.1. The van der Waals surface area contributed by atoms with Gasteiger partial charge >= 0.3 is 18.1 Å². The van der Waals surface area contributed by atoms with Crippen molar-refractivity contribution in [2.24, 2.45) is 0 Å². The number of hydrogen-bond acceptors (Lipinski definition) is 6. The zero-order valence-electron chi connectivity index (χ0n) is 19.1. The molecule has 2 aromatic carbocycles. The van der Waals surface area contributed by atoms with Gasteiger partial charge in [0.15, 0.2) is 0 Å². The number of halogens is 4. The van der Waals surface area contributed by atoms with E-state index in [9.17, 15) is 22.4 Å². The molecule has 2 aliphatic rings. The van der Waals surface area contributed by atoms with Crippen LogP contribution in [0.2, 0.25) is 0 Å². The number of hydrogen-bond donors (Lipinski definition) is 0. The second-order valence-electron chi connectivity index (χ2n) is 8.67. The molecule has 1 aromatic heterocycles. The van der Waals surface area contributed by atoms with Gasteiger partial charge < -0.3 is 14.1 Å². The predicted octanol–water partition coefficient (Wildman–Crippen LogP) is 4.04. The smallest absolute Gasteiger partial charge is 0.413 e. The van der Waals surface area contributed by atoms with Crippen LogP contribution in [0.15, 0.2) is 52.9 Å². The number of rotatable bonds is 5. The molecule has 0 bridgehead atoms. The van der Waals surface area contributed by atoms with Crippen molar-refractivity contribution in [1.29, 1.82) is 0 Å². The summed E-state index contributed by atoms with van der Waals surface area (Å²) in [7, 11) is 0. The lowest BCUT2D eigenvalue weighted by Gasteiger charge is -2.43. The van der Waals surface area contributed by atoms with E-state index in [1.165, 1.54) is 35.2 Å². The molecule has 0 atom stereocenters. The van der Waals surface area contributed by atoms with Crippen molar-refractivity contribution in [3.05, 3.63) is 65.8 Å². The molecule has 8 nitrogen and oxygen atoms in total. The van der Waals surface area contributed by atoms with Gasteiger partial charge in [0.25, 0.3) is 0 Å². The first-order chi connectivity index (χ1) is 17.3. The maximum absolute atomic E-state index is 14.0. The molecule has 5 rings (SSSR count). The molecule has 3 heterocycles. The third-order valence-electron chi connectivity index (χ3n) is 6.28. The first-order valence-corrected chi connectivity index (χ1v) is 11.4. The number of benzene rings is 2. The number of aromatic nitrogens is 2. The molecule has 0 aliphatic carbocycles. The first kappa shape index (κ1) is 24.2. The Balaban J connectivity index is 1.32. The fraction of sp³-hybridized carbons (Fsp3) is 0.375. The third-order valence-corrected chi connectivity index (χ3v) is 6.28. The maximum Gasteiger partial charge on any atom is 0.470 e. The van der Waals surface area contributed by atoms with Crippen LogP contribution in [0.1, 0.15) is 11.5 Å². The average molecular weight is 505 g/mol. The third kappa shape index (κ3) is 5.19. The summed E-state index contributed by atoms with van der Waals surface area (Å²) in [6, 6.07) is 12.3. The minimum atomic E-state index is -4.73. The molecule has 36 heavy (non-hydrogen) atoms. The van der Waals surface area contributed by atoms with Crippen LogP contribution < -0.4 is 4.90 Å². The fourth-order valence-corrected chi connectivity index (χ4v) is 4.19. The van der Waals surface area contributed by atoms with E-state index in [1.54, 1.807) is 23.1 Å². The Labute approximate surface area is 204 Å². The lowest BCUT2D eigenvalue weighted by Crippen LogP contribution is -2.59. The van der Waals surface area contributed by atoms with Gasteiger partial charge in [0.05, 0.1) is 25.8 Å². The van der Waals surface area contributed by atoms with E-state index in [2.05, 4.69) is 15.1 Å². The topological polar surface area (TPSA) is 74.9 Å². The number of carbonyl (C=O) groups is 1. The molecule has 2 saturated heterocycles. The summed E-state index contributed by atoms with van der Waals surface area (Å²) in [4.78, 5) is 19.0. The average Bonchev–Trinajstić information content (AvgIpc) is 3.33. The van der Waals surface area contributed by atoms with Crippen molar-refractivity contribution in [2.75, 3.05) is 44.3 Å². The summed E-state index contributed by atoms with van der Waals surface area (Å²) < 4.78 is 62.2. The first-order valence-electron chi connectivity index (χ1n) is 11.4. The highest BCUT2D eigenvalue weighted by Crippen LogP contribution is 2.30. The zero-order chi connectivity index (χ0) is 25.3. The highest BCUT2D eigenvalue weighted by atomic mass is 19.4. The van der Waals surface area contributed by atoms with E-state index in [4.69, 9.17) is 9.15 Å². The Morgan fingerprint density at radius 2 is 1.75 bits per heavy atom. The molecular formula is C24H23F4N5O3. The summed E-state index contributed by atoms with van der Waals surface area (Å²) in [5.41, 5.74) is 1.41. The molecule has 190 valence electrons. The summed E-state index contributed by atoms with van der Waals surface area (Å²) in [6.45, 7) is 4.10. The molecule has 0 spiro atoms. The van der Waals surface area contributed by atoms with Crippen LogP contribution in [0.4, 0.5) is 28.0 Å². The molecule has 0 N–H and O–H groups in total. The highest BCUT2D eigenvalue weighted by molar-refractivity contribution is 5.92. The van der Waals surface area contributed by atoms with E-state index in [0.29, 0.717) is 49.2 Å². The molecule has 2 aliphatic heterocycles. The van der Waals surface area contributed by atoms with Crippen molar-refractivity contribution < 1.29 is 31.5 Å². The van der Waals surface area contributed by atoms with Crippen LogP contribution in [-0.4, -0.2) is 71.5 Å². The molecule has 2 amide bonds. The Morgan fingerprint density at radius 3 is 2.33 bits per heavy atom. The van der Waals surface area contributed by atoms with Gasteiger partial charge in [-0.1, -0.05) is 18.2 Å². The predicted molar refractivity (Wildman–Crippen MR) is 120 cm³/mol. The van der Waals surface area contributed by atoms with E-state index in [0.717, 1.165) is 13.1 Å². The van der Waals surface area contributed by atoms with E-state index >= 15 is 0 Å². The Bertz CT molecular complexity index is 1200. The van der Waals surface area contributed by atoms with Crippen LogP contribution in [0.5, 0.6) is 0 Å². The monoisotopic (exact) mass is 505 g/mol. The molecule has 12 heteroatoms. The van der Waals surface area contributed by atoms with Crippen molar-refractivity contribution in [3.8, 4) is 11.5 Å². The van der Waals surface area contributed by atoms with E-state index in [1.807, 2.05) is 0 Å². The molecule has 2 fully saturated rings. The number of nitrogens with zero attached hydrogens (tertiary/aromatic N) is 5. The molecule has 0 radical (unpaired) electrons. The second-order valence-corrected chi connectivity index (χ2v) is 8.67. The summed E-state index contributed by atoms with van der Waals surface area (Å²) in [5.74, 6) is -2.15. The van der Waals surface area contributed by atoms with Crippen LogP contribution >= 0.6 is 0 Å². The number of anilines is 1. The normalized spacial score (nSPS) is 17.2. The van der Waals surface area contributed by atoms with Crippen LogP contribution in [0, 0.1) is 5.82 Å². The maximum atomic E-state index is 14.0. The van der Waals surface area contributed by atoms with Gasteiger partial charge in [-0.25, -0.2) is 9.18 Å². The molecule has 0 saturated carbocycles. The van der Waals surface area contributed by atoms with Gasteiger partial charge in [-0.15, -0.1) is 10.2 Å². The van der Waals surface area contributed by atoms with Crippen LogP contribution in [-0.2, 0) is 17.5 Å². The quantitative estimate of drug-likeness (QED) is 0.488. The minimum absolute atomic E-state index is 0.136. The van der Waals surface area contributed by atoms with Gasteiger partial charge in [-0.3, -0.25) is 9.80 Å². The Kier molecular flexibility index (Phi) is 6.63. The molecular weight excluding hydrogens is 482 g/mol. The Morgan fingerprint density at radius 1 is 1.03 bits per heavy atom. The standard InChI is InChI=1S/C24H23F4N5O3/c25-18-2-1-3-19(12-18)33(23(34)32-10-8-31(9-11-32)20-14-35-15-20)13-16-4-6-17(7-5-16)21-29-30-22(36-21)24(26,27)28/h1-7,12,20H,8-11,13-15H2. The number of amides is 2. The van der Waals surface area contributed by atoms with Gasteiger partial charge in [0.1, 0.15) is 5.82 Å².